The number of hydrogen-bond donors (Lipinski definition) is 3. The molecule has 0 bridgehead atoms. The lowest BCUT2D eigenvalue weighted by Gasteiger charge is -2.32. The number of aliphatic hydroxyl groups is 1. The maximum absolute atomic E-state index is 13.4. The van der Waals surface area contributed by atoms with Gasteiger partial charge in [-0.2, -0.15) is 0 Å². The van der Waals surface area contributed by atoms with Crippen molar-refractivity contribution in [2.24, 2.45) is 0 Å². The molecule has 3 aromatic rings. The first kappa shape index (κ1) is 26.9. The zero-order valence-corrected chi connectivity index (χ0v) is 21.8. The van der Waals surface area contributed by atoms with Gasteiger partial charge in [-0.1, -0.05) is 24.3 Å². The summed E-state index contributed by atoms with van der Waals surface area (Å²) in [5, 5.41) is 16.3. The highest BCUT2D eigenvalue weighted by molar-refractivity contribution is 5.97. The summed E-state index contributed by atoms with van der Waals surface area (Å²) in [7, 11) is 0. The highest BCUT2D eigenvalue weighted by Crippen LogP contribution is 2.40. The molecule has 2 amide bonds. The lowest BCUT2D eigenvalue weighted by atomic mass is 10.0. The number of aromatic nitrogens is 2. The van der Waals surface area contributed by atoms with Crippen LogP contribution in [-0.4, -0.2) is 69.6 Å². The van der Waals surface area contributed by atoms with Crippen molar-refractivity contribution in [2.45, 2.75) is 56.2 Å². The molecule has 39 heavy (non-hydrogen) atoms. The fraction of sp³-hybridized carbons (Fsp3) is 0.400. The van der Waals surface area contributed by atoms with Crippen LogP contribution in [0.2, 0.25) is 0 Å². The number of aliphatic hydroxyl groups excluding tert-OH is 1. The molecule has 2 aromatic carbocycles. The molecule has 2 fully saturated rings. The molecular weight excluding hydrogens is 497 g/mol. The summed E-state index contributed by atoms with van der Waals surface area (Å²) in [5.41, 5.74) is 2.39. The normalized spacial score (nSPS) is 19.9. The Morgan fingerprint density at radius 2 is 1.72 bits per heavy atom. The van der Waals surface area contributed by atoms with E-state index in [-0.39, 0.29) is 23.7 Å². The van der Waals surface area contributed by atoms with Crippen LogP contribution in [0.15, 0.2) is 67.0 Å². The second-order valence-electron chi connectivity index (χ2n) is 10.3. The van der Waals surface area contributed by atoms with Crippen molar-refractivity contribution < 1.29 is 19.1 Å². The second-order valence-corrected chi connectivity index (χ2v) is 10.3. The second kappa shape index (κ2) is 12.4. The van der Waals surface area contributed by atoms with E-state index in [1.165, 1.54) is 12.1 Å². The number of hydrogen-bond acceptors (Lipinski definition) is 6. The summed E-state index contributed by atoms with van der Waals surface area (Å²) >= 11 is 0. The van der Waals surface area contributed by atoms with Gasteiger partial charge in [0, 0.05) is 48.6 Å². The molecule has 3 atom stereocenters. The van der Waals surface area contributed by atoms with E-state index < -0.39 is 6.04 Å². The van der Waals surface area contributed by atoms with Crippen LogP contribution in [0.25, 0.3) is 11.4 Å². The fourth-order valence-corrected chi connectivity index (χ4v) is 5.12. The third-order valence-electron chi connectivity index (χ3n) is 7.52. The lowest BCUT2D eigenvalue weighted by Crippen LogP contribution is -2.51. The molecular formula is C30H34FN5O3. The number of piperidine rings is 1. The number of benzene rings is 2. The standard InChI is InChI=1S/C30H34FN5O3/c31-23-10-8-20(9-11-23)25-19-27(25)32-14-1-3-26(30(39)36-17-12-24(37)13-18-36)35-29(38)22-6-4-21(5-7-22)28-33-15-2-16-34-28/h2,4-11,15-16,24-27,32,37H,1,3,12-14,17-19H2,(H,35,38)/t25-,26-,27+/m0/s1. The van der Waals surface area contributed by atoms with Gasteiger partial charge in [0.2, 0.25) is 5.91 Å². The van der Waals surface area contributed by atoms with E-state index in [1.54, 1.807) is 47.6 Å². The van der Waals surface area contributed by atoms with Gasteiger partial charge in [0.15, 0.2) is 5.82 Å². The van der Waals surface area contributed by atoms with Crippen molar-refractivity contribution in [1.29, 1.82) is 0 Å². The Morgan fingerprint density at radius 1 is 1.03 bits per heavy atom. The Kier molecular flexibility index (Phi) is 8.58. The third-order valence-corrected chi connectivity index (χ3v) is 7.52. The van der Waals surface area contributed by atoms with E-state index in [2.05, 4.69) is 20.6 Å². The smallest absolute Gasteiger partial charge is 0.251 e. The number of carbonyl (C=O) groups excluding carboxylic acids is 2. The minimum atomic E-state index is -0.654. The van der Waals surface area contributed by atoms with E-state index in [0.29, 0.717) is 68.7 Å². The number of carbonyl (C=O) groups is 2. The predicted octanol–water partition coefficient (Wildman–Crippen LogP) is 3.29. The van der Waals surface area contributed by atoms with Crippen LogP contribution in [-0.2, 0) is 4.79 Å². The molecule has 3 N–H and O–H groups in total. The van der Waals surface area contributed by atoms with Crippen LogP contribution < -0.4 is 10.6 Å². The zero-order chi connectivity index (χ0) is 27.2. The zero-order valence-electron chi connectivity index (χ0n) is 21.8. The van der Waals surface area contributed by atoms with Crippen LogP contribution in [0.5, 0.6) is 0 Å². The highest BCUT2D eigenvalue weighted by atomic mass is 19.1. The molecule has 0 radical (unpaired) electrons. The predicted molar refractivity (Wildman–Crippen MR) is 145 cm³/mol. The van der Waals surface area contributed by atoms with Crippen molar-refractivity contribution in [2.75, 3.05) is 19.6 Å². The Morgan fingerprint density at radius 3 is 2.41 bits per heavy atom. The van der Waals surface area contributed by atoms with Gasteiger partial charge in [-0.15, -0.1) is 0 Å². The van der Waals surface area contributed by atoms with E-state index in [1.807, 2.05) is 12.1 Å². The van der Waals surface area contributed by atoms with Gasteiger partial charge in [0.1, 0.15) is 11.9 Å². The minimum absolute atomic E-state index is 0.111. The first-order valence-corrected chi connectivity index (χ1v) is 13.6. The van der Waals surface area contributed by atoms with Crippen LogP contribution in [0.1, 0.15) is 53.9 Å². The van der Waals surface area contributed by atoms with Crippen LogP contribution in [0.3, 0.4) is 0 Å². The molecule has 1 saturated carbocycles. The number of rotatable bonds is 10. The van der Waals surface area contributed by atoms with Crippen LogP contribution in [0, 0.1) is 5.82 Å². The topological polar surface area (TPSA) is 107 Å². The molecule has 8 nitrogen and oxygen atoms in total. The van der Waals surface area contributed by atoms with Gasteiger partial charge in [0.05, 0.1) is 6.10 Å². The van der Waals surface area contributed by atoms with Crippen molar-refractivity contribution in [1.82, 2.24) is 25.5 Å². The molecule has 204 valence electrons. The van der Waals surface area contributed by atoms with Gasteiger partial charge < -0.3 is 20.6 Å². The Balaban J connectivity index is 1.17. The summed E-state index contributed by atoms with van der Waals surface area (Å²) in [6.07, 6.45) is 6.26. The molecule has 1 saturated heterocycles. The highest BCUT2D eigenvalue weighted by Gasteiger charge is 2.37. The summed E-state index contributed by atoms with van der Waals surface area (Å²) < 4.78 is 13.2. The van der Waals surface area contributed by atoms with E-state index >= 15 is 0 Å². The summed E-state index contributed by atoms with van der Waals surface area (Å²) in [5.74, 6) is 0.310. The lowest BCUT2D eigenvalue weighted by molar-refractivity contribution is -0.135. The summed E-state index contributed by atoms with van der Waals surface area (Å²) in [6, 6.07) is 15.1. The molecule has 2 heterocycles. The van der Waals surface area contributed by atoms with Crippen LogP contribution in [0.4, 0.5) is 4.39 Å². The quantitative estimate of drug-likeness (QED) is 0.347. The van der Waals surface area contributed by atoms with Crippen molar-refractivity contribution in [3.8, 4) is 11.4 Å². The average Bonchev–Trinajstić information content (AvgIpc) is 3.75. The first-order valence-electron chi connectivity index (χ1n) is 13.6. The minimum Gasteiger partial charge on any atom is -0.393 e. The number of likely N-dealkylation sites (tertiary alicyclic amines) is 1. The number of halogens is 1. The summed E-state index contributed by atoms with van der Waals surface area (Å²) in [6.45, 7) is 1.68. The first-order chi connectivity index (χ1) is 19.0. The molecule has 1 aliphatic heterocycles. The Bertz CT molecular complexity index is 1250. The SMILES string of the molecule is O=C(N[C@@H](CCCN[C@@H]1C[C@H]1c1ccc(F)cc1)C(=O)N1CCC(O)CC1)c1ccc(-c2ncccn2)cc1. The molecule has 0 spiro atoms. The van der Waals surface area contributed by atoms with Gasteiger partial charge in [-0.3, -0.25) is 9.59 Å². The Hall–Kier alpha value is -3.69. The fourth-order valence-electron chi connectivity index (χ4n) is 5.12. The molecule has 0 unspecified atom stereocenters. The van der Waals surface area contributed by atoms with E-state index in [0.717, 1.165) is 17.5 Å². The number of nitrogens with zero attached hydrogens (tertiary/aromatic N) is 3. The maximum Gasteiger partial charge on any atom is 0.251 e. The molecule has 1 aromatic heterocycles. The largest absolute Gasteiger partial charge is 0.393 e. The van der Waals surface area contributed by atoms with Gasteiger partial charge >= 0.3 is 0 Å². The van der Waals surface area contributed by atoms with Crippen molar-refractivity contribution >= 4 is 11.8 Å². The van der Waals surface area contributed by atoms with Crippen molar-refractivity contribution in [3.05, 3.63) is 83.9 Å². The van der Waals surface area contributed by atoms with Gasteiger partial charge in [-0.25, -0.2) is 14.4 Å². The molecule has 1 aliphatic carbocycles. The molecule has 5 rings (SSSR count). The Labute approximate surface area is 227 Å². The van der Waals surface area contributed by atoms with Crippen LogP contribution >= 0.6 is 0 Å². The van der Waals surface area contributed by atoms with E-state index in [4.69, 9.17) is 0 Å². The number of nitrogens with one attached hydrogen (secondary N) is 2. The van der Waals surface area contributed by atoms with Gasteiger partial charge in [0.25, 0.3) is 5.91 Å². The molecule has 2 aliphatic rings. The number of amides is 2. The van der Waals surface area contributed by atoms with Gasteiger partial charge in [-0.05, 0) is 74.5 Å². The van der Waals surface area contributed by atoms with Crippen molar-refractivity contribution in [3.63, 3.8) is 0 Å². The average molecular weight is 532 g/mol. The monoisotopic (exact) mass is 531 g/mol. The maximum atomic E-state index is 13.4. The molecule has 9 heteroatoms. The summed E-state index contributed by atoms with van der Waals surface area (Å²) in [4.78, 5) is 36.7. The third kappa shape index (κ3) is 7.04. The van der Waals surface area contributed by atoms with E-state index in [9.17, 15) is 19.1 Å².